The summed E-state index contributed by atoms with van der Waals surface area (Å²) in [5.41, 5.74) is 0. The molecule has 0 atom stereocenters. The van der Waals surface area contributed by atoms with Gasteiger partial charge in [-0.15, -0.1) is 0 Å². The summed E-state index contributed by atoms with van der Waals surface area (Å²) in [5, 5.41) is 0. The second-order valence-corrected chi connectivity index (χ2v) is 5.27. The maximum atomic E-state index is 11.8. The largest absolute Gasteiger partial charge is 0.345 e. The van der Waals surface area contributed by atoms with Crippen LogP contribution in [0.2, 0.25) is 0 Å². The van der Waals surface area contributed by atoms with Gasteiger partial charge in [0.25, 0.3) is 0 Å². The first-order valence-corrected chi connectivity index (χ1v) is 6.25. The summed E-state index contributed by atoms with van der Waals surface area (Å²) >= 11 is 0. The third-order valence-corrected chi connectivity index (χ3v) is 2.94. The van der Waals surface area contributed by atoms with Crippen molar-refractivity contribution < 1.29 is 9.59 Å². The standard InChI is InChI=1S/C13H26N2O2/c1-10(2)7-8-14(5)12(16)9-13(17)15(6)11(3)4/h10-11H,7-9H2,1-6H3. The molecule has 2 amide bonds. The van der Waals surface area contributed by atoms with Crippen LogP contribution in [-0.4, -0.2) is 48.3 Å². The van der Waals surface area contributed by atoms with Crippen molar-refractivity contribution in [1.82, 2.24) is 9.80 Å². The highest BCUT2D eigenvalue weighted by Crippen LogP contribution is 2.04. The smallest absolute Gasteiger partial charge is 0.231 e. The van der Waals surface area contributed by atoms with Gasteiger partial charge in [-0.05, 0) is 26.2 Å². The topological polar surface area (TPSA) is 40.6 Å². The van der Waals surface area contributed by atoms with E-state index in [1.165, 1.54) is 0 Å². The first-order chi connectivity index (χ1) is 7.75. The van der Waals surface area contributed by atoms with Gasteiger partial charge in [0.1, 0.15) is 6.42 Å². The highest BCUT2D eigenvalue weighted by molar-refractivity contribution is 5.96. The van der Waals surface area contributed by atoms with Crippen molar-refractivity contribution in [3.8, 4) is 0 Å². The molecule has 0 spiro atoms. The first kappa shape index (κ1) is 15.9. The van der Waals surface area contributed by atoms with Crippen molar-refractivity contribution in [3.05, 3.63) is 0 Å². The lowest BCUT2D eigenvalue weighted by Gasteiger charge is -2.23. The van der Waals surface area contributed by atoms with Gasteiger partial charge in [0.15, 0.2) is 0 Å². The lowest BCUT2D eigenvalue weighted by atomic mass is 10.1. The molecule has 100 valence electrons. The van der Waals surface area contributed by atoms with Crippen LogP contribution in [0, 0.1) is 5.92 Å². The number of rotatable bonds is 6. The monoisotopic (exact) mass is 242 g/mol. The summed E-state index contributed by atoms with van der Waals surface area (Å²) in [6.07, 6.45) is 0.944. The van der Waals surface area contributed by atoms with Gasteiger partial charge in [-0.25, -0.2) is 0 Å². The fourth-order valence-corrected chi connectivity index (χ4v) is 1.25. The molecule has 0 aromatic rings. The number of hydrogen-bond acceptors (Lipinski definition) is 2. The molecule has 0 N–H and O–H groups in total. The molecule has 0 radical (unpaired) electrons. The highest BCUT2D eigenvalue weighted by atomic mass is 16.2. The predicted octanol–water partition coefficient (Wildman–Crippen LogP) is 1.75. The summed E-state index contributed by atoms with van der Waals surface area (Å²) < 4.78 is 0. The van der Waals surface area contributed by atoms with Crippen LogP contribution in [0.5, 0.6) is 0 Å². The minimum absolute atomic E-state index is 0.0245. The Bertz CT molecular complexity index is 262. The zero-order valence-corrected chi connectivity index (χ0v) is 12.0. The SMILES string of the molecule is CC(C)CCN(C)C(=O)CC(=O)N(C)C(C)C. The second-order valence-electron chi connectivity index (χ2n) is 5.27. The molecule has 0 heterocycles. The normalized spacial score (nSPS) is 10.8. The molecule has 0 rings (SSSR count). The van der Waals surface area contributed by atoms with Crippen LogP contribution < -0.4 is 0 Å². The molecule has 0 saturated heterocycles. The minimum Gasteiger partial charge on any atom is -0.345 e. The molecule has 0 aliphatic heterocycles. The number of nitrogens with zero attached hydrogens (tertiary/aromatic N) is 2. The number of carbonyl (C=O) groups excluding carboxylic acids is 2. The van der Waals surface area contributed by atoms with Crippen molar-refractivity contribution >= 4 is 11.8 Å². The van der Waals surface area contributed by atoms with E-state index in [2.05, 4.69) is 13.8 Å². The zero-order chi connectivity index (χ0) is 13.6. The Morgan fingerprint density at radius 2 is 1.53 bits per heavy atom. The van der Waals surface area contributed by atoms with E-state index in [1.807, 2.05) is 13.8 Å². The van der Waals surface area contributed by atoms with Gasteiger partial charge in [0.05, 0.1) is 0 Å². The Morgan fingerprint density at radius 1 is 1.00 bits per heavy atom. The Kier molecular flexibility index (Phi) is 6.85. The van der Waals surface area contributed by atoms with E-state index in [4.69, 9.17) is 0 Å². The maximum absolute atomic E-state index is 11.8. The van der Waals surface area contributed by atoms with Gasteiger partial charge in [-0.2, -0.15) is 0 Å². The number of carbonyl (C=O) groups is 2. The molecule has 4 heteroatoms. The Balaban J connectivity index is 4.12. The van der Waals surface area contributed by atoms with E-state index in [9.17, 15) is 9.59 Å². The summed E-state index contributed by atoms with van der Waals surface area (Å²) in [5.74, 6) is 0.365. The Labute approximate surface area is 105 Å². The summed E-state index contributed by atoms with van der Waals surface area (Å²) in [7, 11) is 3.49. The van der Waals surface area contributed by atoms with Gasteiger partial charge in [-0.1, -0.05) is 13.8 Å². The third kappa shape index (κ3) is 6.29. The second kappa shape index (κ2) is 7.30. The van der Waals surface area contributed by atoms with Crippen LogP contribution in [0.3, 0.4) is 0 Å². The molecular formula is C13H26N2O2. The van der Waals surface area contributed by atoms with Crippen molar-refractivity contribution in [3.63, 3.8) is 0 Å². The van der Waals surface area contributed by atoms with Gasteiger partial charge in [-0.3, -0.25) is 9.59 Å². The van der Waals surface area contributed by atoms with Crippen molar-refractivity contribution in [1.29, 1.82) is 0 Å². The molecular weight excluding hydrogens is 216 g/mol. The van der Waals surface area contributed by atoms with Crippen molar-refractivity contribution in [2.45, 2.75) is 46.6 Å². The summed E-state index contributed by atoms with van der Waals surface area (Å²) in [6, 6.07) is 0.135. The van der Waals surface area contributed by atoms with Crippen molar-refractivity contribution in [2.75, 3.05) is 20.6 Å². The average Bonchev–Trinajstić information content (AvgIpc) is 2.24. The summed E-state index contributed by atoms with van der Waals surface area (Å²) in [4.78, 5) is 26.7. The predicted molar refractivity (Wildman–Crippen MR) is 69.6 cm³/mol. The molecule has 0 aromatic heterocycles. The van der Waals surface area contributed by atoms with E-state index in [-0.39, 0.29) is 24.3 Å². The van der Waals surface area contributed by atoms with Gasteiger partial charge < -0.3 is 9.80 Å². The van der Waals surface area contributed by atoms with Crippen LogP contribution in [-0.2, 0) is 9.59 Å². The molecule has 0 aliphatic carbocycles. The number of hydrogen-bond donors (Lipinski definition) is 0. The number of amides is 2. The maximum Gasteiger partial charge on any atom is 0.231 e. The third-order valence-electron chi connectivity index (χ3n) is 2.94. The van der Waals surface area contributed by atoms with Crippen LogP contribution in [0.25, 0.3) is 0 Å². The quantitative estimate of drug-likeness (QED) is 0.666. The first-order valence-electron chi connectivity index (χ1n) is 6.25. The Hall–Kier alpha value is -1.06. The average molecular weight is 242 g/mol. The molecule has 0 saturated carbocycles. The molecule has 17 heavy (non-hydrogen) atoms. The molecule has 0 aromatic carbocycles. The fraction of sp³-hybridized carbons (Fsp3) is 0.846. The Morgan fingerprint density at radius 3 is 1.94 bits per heavy atom. The van der Waals surface area contributed by atoms with E-state index in [0.717, 1.165) is 13.0 Å². The van der Waals surface area contributed by atoms with Crippen LogP contribution in [0.4, 0.5) is 0 Å². The zero-order valence-electron chi connectivity index (χ0n) is 12.0. The molecule has 4 nitrogen and oxygen atoms in total. The van der Waals surface area contributed by atoms with Crippen molar-refractivity contribution in [2.24, 2.45) is 5.92 Å². The van der Waals surface area contributed by atoms with Gasteiger partial charge in [0.2, 0.25) is 11.8 Å². The van der Waals surface area contributed by atoms with Crippen LogP contribution in [0.15, 0.2) is 0 Å². The summed E-state index contributed by atoms with van der Waals surface area (Å²) in [6.45, 7) is 8.83. The van der Waals surface area contributed by atoms with Gasteiger partial charge >= 0.3 is 0 Å². The molecule has 0 unspecified atom stereocenters. The minimum atomic E-state index is -0.110. The van der Waals surface area contributed by atoms with Gasteiger partial charge in [0, 0.05) is 26.7 Å². The highest BCUT2D eigenvalue weighted by Gasteiger charge is 2.18. The van der Waals surface area contributed by atoms with E-state index in [1.54, 1.807) is 23.9 Å². The lowest BCUT2D eigenvalue weighted by molar-refractivity contribution is -0.140. The van der Waals surface area contributed by atoms with Crippen LogP contribution >= 0.6 is 0 Å². The van der Waals surface area contributed by atoms with E-state index in [0.29, 0.717) is 5.92 Å². The van der Waals surface area contributed by atoms with Crippen LogP contribution in [0.1, 0.15) is 40.5 Å². The van der Waals surface area contributed by atoms with E-state index >= 15 is 0 Å². The van der Waals surface area contributed by atoms with E-state index < -0.39 is 0 Å². The lowest BCUT2D eigenvalue weighted by Crippen LogP contribution is -2.38. The molecule has 0 fully saturated rings. The molecule has 0 aliphatic rings. The molecule has 0 bridgehead atoms. The fourth-order valence-electron chi connectivity index (χ4n) is 1.25.